The molecule has 1 amide bonds. The zero-order valence-corrected chi connectivity index (χ0v) is 11.2. The lowest BCUT2D eigenvalue weighted by Crippen LogP contribution is -2.45. The van der Waals surface area contributed by atoms with Crippen LogP contribution in [0.5, 0.6) is 0 Å². The van der Waals surface area contributed by atoms with Gasteiger partial charge in [0.2, 0.25) is 5.91 Å². The number of hydrogen-bond acceptors (Lipinski definition) is 4. The van der Waals surface area contributed by atoms with Crippen LogP contribution in [0, 0.1) is 23.2 Å². The van der Waals surface area contributed by atoms with E-state index in [-0.39, 0.29) is 17.8 Å². The molecule has 18 heavy (non-hydrogen) atoms. The van der Waals surface area contributed by atoms with Gasteiger partial charge in [0.15, 0.2) is 0 Å². The molecule has 0 bridgehead atoms. The molecule has 2 unspecified atom stereocenters. The fourth-order valence-electron chi connectivity index (χ4n) is 2.18. The molecule has 5 nitrogen and oxygen atoms in total. The first-order valence-corrected chi connectivity index (χ1v) is 6.39. The molecule has 100 valence electrons. The SMILES string of the molecule is CCOC(=O)C1CCCN1C(=O)C(C#N)C(C)C. The summed E-state index contributed by atoms with van der Waals surface area (Å²) in [7, 11) is 0. The normalized spacial score (nSPS) is 20.6. The van der Waals surface area contributed by atoms with Crippen LogP contribution in [-0.4, -0.2) is 36.0 Å². The lowest BCUT2D eigenvalue weighted by molar-refractivity contribution is -0.154. The van der Waals surface area contributed by atoms with Gasteiger partial charge >= 0.3 is 5.97 Å². The van der Waals surface area contributed by atoms with E-state index in [2.05, 4.69) is 0 Å². The summed E-state index contributed by atoms with van der Waals surface area (Å²) in [6.07, 6.45) is 1.41. The summed E-state index contributed by atoms with van der Waals surface area (Å²) in [4.78, 5) is 25.5. The van der Waals surface area contributed by atoms with Crippen molar-refractivity contribution in [3.05, 3.63) is 0 Å². The van der Waals surface area contributed by atoms with Gasteiger partial charge in [0.05, 0.1) is 12.7 Å². The third kappa shape index (κ3) is 3.00. The molecule has 0 N–H and O–H groups in total. The van der Waals surface area contributed by atoms with E-state index in [0.29, 0.717) is 19.6 Å². The van der Waals surface area contributed by atoms with Gasteiger partial charge in [-0.2, -0.15) is 5.26 Å². The summed E-state index contributed by atoms with van der Waals surface area (Å²) >= 11 is 0. The van der Waals surface area contributed by atoms with Gasteiger partial charge in [-0.1, -0.05) is 13.8 Å². The number of carbonyl (C=O) groups excluding carboxylic acids is 2. The highest BCUT2D eigenvalue weighted by Crippen LogP contribution is 2.23. The Kier molecular flexibility index (Phi) is 5.14. The molecule has 1 aliphatic heterocycles. The van der Waals surface area contributed by atoms with Crippen LogP contribution in [0.3, 0.4) is 0 Å². The monoisotopic (exact) mass is 252 g/mol. The molecular weight excluding hydrogens is 232 g/mol. The van der Waals surface area contributed by atoms with Crippen molar-refractivity contribution < 1.29 is 14.3 Å². The van der Waals surface area contributed by atoms with E-state index in [1.807, 2.05) is 19.9 Å². The topological polar surface area (TPSA) is 70.4 Å². The second-order valence-electron chi connectivity index (χ2n) is 4.79. The van der Waals surface area contributed by atoms with Crippen molar-refractivity contribution in [3.8, 4) is 6.07 Å². The first-order chi connectivity index (χ1) is 8.52. The first kappa shape index (κ1) is 14.5. The average Bonchev–Trinajstić information content (AvgIpc) is 2.78. The van der Waals surface area contributed by atoms with Crippen LogP contribution in [0.2, 0.25) is 0 Å². The summed E-state index contributed by atoms with van der Waals surface area (Å²) in [6, 6.07) is 1.52. The predicted octanol–water partition coefficient (Wildman–Crippen LogP) is 1.34. The van der Waals surface area contributed by atoms with E-state index in [9.17, 15) is 9.59 Å². The Balaban J connectivity index is 2.78. The minimum atomic E-state index is -0.681. The first-order valence-electron chi connectivity index (χ1n) is 6.39. The number of likely N-dealkylation sites (tertiary alicyclic amines) is 1. The van der Waals surface area contributed by atoms with Crippen molar-refractivity contribution in [2.75, 3.05) is 13.2 Å². The number of hydrogen-bond donors (Lipinski definition) is 0. The van der Waals surface area contributed by atoms with Gasteiger partial charge in [-0.25, -0.2) is 4.79 Å². The zero-order valence-electron chi connectivity index (χ0n) is 11.2. The number of rotatable bonds is 4. The largest absolute Gasteiger partial charge is 0.464 e. The summed E-state index contributed by atoms with van der Waals surface area (Å²) < 4.78 is 4.96. The van der Waals surface area contributed by atoms with Gasteiger partial charge in [-0.3, -0.25) is 4.79 Å². The molecule has 0 spiro atoms. The second kappa shape index (κ2) is 6.39. The lowest BCUT2D eigenvalue weighted by Gasteiger charge is -2.26. The quantitative estimate of drug-likeness (QED) is 0.708. The molecule has 5 heteroatoms. The Labute approximate surface area is 108 Å². The number of carbonyl (C=O) groups is 2. The molecule has 1 saturated heterocycles. The van der Waals surface area contributed by atoms with E-state index in [0.717, 1.165) is 6.42 Å². The van der Waals surface area contributed by atoms with Crippen molar-refractivity contribution in [1.29, 1.82) is 5.26 Å². The minimum absolute atomic E-state index is 0.0501. The Bertz CT molecular complexity index is 360. The summed E-state index contributed by atoms with van der Waals surface area (Å²) in [5, 5.41) is 9.04. The highest BCUT2D eigenvalue weighted by atomic mass is 16.5. The third-order valence-electron chi connectivity index (χ3n) is 3.17. The maximum Gasteiger partial charge on any atom is 0.328 e. The Morgan fingerprint density at radius 1 is 1.50 bits per heavy atom. The fourth-order valence-corrected chi connectivity index (χ4v) is 2.18. The van der Waals surface area contributed by atoms with Gasteiger partial charge in [0.1, 0.15) is 12.0 Å². The fraction of sp³-hybridized carbons (Fsp3) is 0.769. The van der Waals surface area contributed by atoms with E-state index in [1.165, 1.54) is 4.90 Å². The highest BCUT2D eigenvalue weighted by Gasteiger charge is 2.38. The van der Waals surface area contributed by atoms with Crippen LogP contribution >= 0.6 is 0 Å². The third-order valence-corrected chi connectivity index (χ3v) is 3.17. The molecule has 2 atom stereocenters. The molecule has 0 aromatic rings. The smallest absolute Gasteiger partial charge is 0.328 e. The molecule has 1 heterocycles. The van der Waals surface area contributed by atoms with Crippen LogP contribution < -0.4 is 0 Å². The van der Waals surface area contributed by atoms with Crippen LogP contribution in [-0.2, 0) is 14.3 Å². The van der Waals surface area contributed by atoms with Gasteiger partial charge in [-0.05, 0) is 25.7 Å². The zero-order chi connectivity index (χ0) is 13.7. The van der Waals surface area contributed by atoms with Gasteiger partial charge in [0, 0.05) is 6.54 Å². The predicted molar refractivity (Wildman–Crippen MR) is 65.3 cm³/mol. The molecular formula is C13H20N2O3. The molecule has 1 fully saturated rings. The highest BCUT2D eigenvalue weighted by molar-refractivity contribution is 5.87. The van der Waals surface area contributed by atoms with Gasteiger partial charge in [-0.15, -0.1) is 0 Å². The summed E-state index contributed by atoms with van der Waals surface area (Å²) in [5.74, 6) is -1.34. The maximum absolute atomic E-state index is 12.2. The molecule has 0 aliphatic carbocycles. The number of nitrogens with zero attached hydrogens (tertiary/aromatic N) is 2. The van der Waals surface area contributed by atoms with E-state index in [1.54, 1.807) is 6.92 Å². The van der Waals surface area contributed by atoms with Crippen molar-refractivity contribution >= 4 is 11.9 Å². The Morgan fingerprint density at radius 2 is 2.17 bits per heavy atom. The minimum Gasteiger partial charge on any atom is -0.464 e. The van der Waals surface area contributed by atoms with Crippen molar-refractivity contribution in [1.82, 2.24) is 4.90 Å². The summed E-state index contributed by atoms with van der Waals surface area (Å²) in [5.41, 5.74) is 0. The van der Waals surface area contributed by atoms with Crippen LogP contribution in [0.1, 0.15) is 33.6 Å². The molecule has 1 aliphatic rings. The molecule has 0 saturated carbocycles. The molecule has 0 aromatic heterocycles. The number of esters is 1. The number of nitriles is 1. The maximum atomic E-state index is 12.2. The Hall–Kier alpha value is -1.57. The molecule has 0 aromatic carbocycles. The van der Waals surface area contributed by atoms with Crippen LogP contribution in [0.25, 0.3) is 0 Å². The van der Waals surface area contributed by atoms with E-state index >= 15 is 0 Å². The van der Waals surface area contributed by atoms with Crippen molar-refractivity contribution in [2.45, 2.75) is 39.7 Å². The summed E-state index contributed by atoms with van der Waals surface area (Å²) in [6.45, 7) is 6.25. The van der Waals surface area contributed by atoms with Crippen LogP contribution in [0.15, 0.2) is 0 Å². The number of amides is 1. The van der Waals surface area contributed by atoms with Crippen molar-refractivity contribution in [3.63, 3.8) is 0 Å². The van der Waals surface area contributed by atoms with Gasteiger partial charge < -0.3 is 9.64 Å². The van der Waals surface area contributed by atoms with Gasteiger partial charge in [0.25, 0.3) is 0 Å². The van der Waals surface area contributed by atoms with Crippen LogP contribution in [0.4, 0.5) is 0 Å². The second-order valence-corrected chi connectivity index (χ2v) is 4.79. The van der Waals surface area contributed by atoms with Crippen molar-refractivity contribution in [2.24, 2.45) is 11.8 Å². The number of ether oxygens (including phenoxy) is 1. The van der Waals surface area contributed by atoms with E-state index in [4.69, 9.17) is 10.00 Å². The standard InChI is InChI=1S/C13H20N2O3/c1-4-18-13(17)11-6-5-7-15(11)12(16)10(8-14)9(2)3/h9-11H,4-7H2,1-3H3. The van der Waals surface area contributed by atoms with E-state index < -0.39 is 12.0 Å². The lowest BCUT2D eigenvalue weighted by atomic mass is 9.95. The molecule has 1 rings (SSSR count). The average molecular weight is 252 g/mol. The molecule has 0 radical (unpaired) electrons. The Morgan fingerprint density at radius 3 is 2.67 bits per heavy atom.